The van der Waals surface area contributed by atoms with Crippen LogP contribution in [0.15, 0.2) is 0 Å². The van der Waals surface area contributed by atoms with E-state index < -0.39 is 0 Å². The Kier molecular flexibility index (Phi) is 5.40. The second kappa shape index (κ2) is 7.06. The highest BCUT2D eigenvalue weighted by Crippen LogP contribution is 2.26. The molecule has 0 spiro atoms. The molecular weight excluding hydrogens is 260 g/mol. The van der Waals surface area contributed by atoms with Crippen LogP contribution in [-0.4, -0.2) is 41.0 Å². The van der Waals surface area contributed by atoms with Crippen LogP contribution in [0.25, 0.3) is 0 Å². The molecule has 1 aromatic rings. The van der Waals surface area contributed by atoms with Gasteiger partial charge in [-0.1, -0.05) is 13.8 Å². The molecule has 106 valence electrons. The van der Waals surface area contributed by atoms with E-state index in [1.54, 1.807) is 0 Å². The monoisotopic (exact) mass is 282 g/mol. The maximum atomic E-state index is 6.01. The molecule has 0 fully saturated rings. The van der Waals surface area contributed by atoms with Gasteiger partial charge in [0.25, 0.3) is 0 Å². The van der Waals surface area contributed by atoms with E-state index in [1.165, 1.54) is 18.4 Å². The lowest BCUT2D eigenvalue weighted by Crippen LogP contribution is -2.29. The average Bonchev–Trinajstić information content (AvgIpc) is 2.43. The number of fused-ring (bicyclic) bond motifs is 1. The number of hydrogen-bond acceptors (Lipinski definition) is 4. The summed E-state index contributed by atoms with van der Waals surface area (Å²) in [5.41, 5.74) is 2.41. The highest BCUT2D eigenvalue weighted by molar-refractivity contribution is 6.28. The van der Waals surface area contributed by atoms with Gasteiger partial charge in [0, 0.05) is 18.7 Å². The zero-order valence-electron chi connectivity index (χ0n) is 11.9. The zero-order valence-corrected chi connectivity index (χ0v) is 12.6. The number of nitrogens with zero attached hydrogens (tertiary/aromatic N) is 3. The second-order valence-electron chi connectivity index (χ2n) is 4.93. The van der Waals surface area contributed by atoms with Crippen molar-refractivity contribution in [1.82, 2.24) is 14.9 Å². The van der Waals surface area contributed by atoms with E-state index >= 15 is 0 Å². The van der Waals surface area contributed by atoms with Gasteiger partial charge in [0.1, 0.15) is 5.82 Å². The molecule has 1 heterocycles. The van der Waals surface area contributed by atoms with Gasteiger partial charge in [0.2, 0.25) is 5.28 Å². The van der Waals surface area contributed by atoms with E-state index in [4.69, 9.17) is 11.6 Å². The lowest BCUT2D eigenvalue weighted by Gasteiger charge is -2.21. The van der Waals surface area contributed by atoms with Crippen molar-refractivity contribution in [3.8, 4) is 0 Å². The Labute approximate surface area is 120 Å². The third kappa shape index (κ3) is 3.80. The van der Waals surface area contributed by atoms with Crippen LogP contribution in [0.3, 0.4) is 0 Å². The molecule has 0 radical (unpaired) electrons. The third-order valence-corrected chi connectivity index (χ3v) is 3.94. The summed E-state index contributed by atoms with van der Waals surface area (Å²) in [7, 11) is 0. The van der Waals surface area contributed by atoms with E-state index in [0.29, 0.717) is 5.28 Å². The van der Waals surface area contributed by atoms with Crippen molar-refractivity contribution in [3.63, 3.8) is 0 Å². The van der Waals surface area contributed by atoms with Crippen molar-refractivity contribution < 1.29 is 0 Å². The highest BCUT2D eigenvalue weighted by atomic mass is 35.5. The first kappa shape index (κ1) is 14.5. The molecule has 1 aliphatic rings. The Hall–Kier alpha value is -0.870. The van der Waals surface area contributed by atoms with Crippen LogP contribution in [-0.2, 0) is 12.8 Å². The van der Waals surface area contributed by atoms with Crippen LogP contribution in [0.5, 0.6) is 0 Å². The summed E-state index contributed by atoms with van der Waals surface area (Å²) in [6, 6.07) is 0. The van der Waals surface area contributed by atoms with Gasteiger partial charge in [0.05, 0.1) is 5.69 Å². The molecule has 1 N–H and O–H groups in total. The first-order chi connectivity index (χ1) is 9.24. The predicted octanol–water partition coefficient (Wildman–Crippen LogP) is 2.76. The smallest absolute Gasteiger partial charge is 0.224 e. The van der Waals surface area contributed by atoms with E-state index in [-0.39, 0.29) is 0 Å². The largest absolute Gasteiger partial charge is 0.368 e. The maximum Gasteiger partial charge on any atom is 0.224 e. The van der Waals surface area contributed by atoms with Gasteiger partial charge in [-0.25, -0.2) is 9.97 Å². The van der Waals surface area contributed by atoms with E-state index in [1.807, 2.05) is 0 Å². The van der Waals surface area contributed by atoms with Crippen molar-refractivity contribution in [1.29, 1.82) is 0 Å². The normalized spacial score (nSPS) is 14.5. The molecule has 0 unspecified atom stereocenters. The lowest BCUT2D eigenvalue weighted by molar-refractivity contribution is 0.316. The van der Waals surface area contributed by atoms with Gasteiger partial charge in [-0.3, -0.25) is 0 Å². The van der Waals surface area contributed by atoms with Crippen LogP contribution < -0.4 is 5.32 Å². The van der Waals surface area contributed by atoms with Crippen molar-refractivity contribution in [2.75, 3.05) is 31.5 Å². The van der Waals surface area contributed by atoms with Crippen molar-refractivity contribution >= 4 is 17.4 Å². The topological polar surface area (TPSA) is 41.0 Å². The predicted molar refractivity (Wildman–Crippen MR) is 80.0 cm³/mol. The van der Waals surface area contributed by atoms with Crippen LogP contribution in [0, 0.1) is 0 Å². The molecule has 5 heteroatoms. The first-order valence-electron chi connectivity index (χ1n) is 7.26. The Morgan fingerprint density at radius 1 is 1.16 bits per heavy atom. The summed E-state index contributed by atoms with van der Waals surface area (Å²) in [6.45, 7) is 8.48. The van der Waals surface area contributed by atoms with Gasteiger partial charge < -0.3 is 10.2 Å². The molecule has 0 saturated carbocycles. The third-order valence-electron chi connectivity index (χ3n) is 3.77. The lowest BCUT2D eigenvalue weighted by atomic mass is 9.96. The van der Waals surface area contributed by atoms with Crippen LogP contribution >= 0.6 is 11.6 Å². The van der Waals surface area contributed by atoms with Gasteiger partial charge in [-0.2, -0.15) is 0 Å². The SMILES string of the molecule is CCN(CC)CCNc1nc(Cl)nc2c1CCCC2. The number of nitrogens with one attached hydrogen (secondary N) is 1. The number of likely N-dealkylation sites (N-methyl/N-ethyl adjacent to an activating group) is 1. The van der Waals surface area contributed by atoms with Crippen molar-refractivity contribution in [2.24, 2.45) is 0 Å². The van der Waals surface area contributed by atoms with Gasteiger partial charge in [-0.05, 0) is 50.4 Å². The summed E-state index contributed by atoms with van der Waals surface area (Å²) >= 11 is 6.01. The highest BCUT2D eigenvalue weighted by Gasteiger charge is 2.17. The quantitative estimate of drug-likeness (QED) is 0.815. The molecule has 0 aromatic carbocycles. The van der Waals surface area contributed by atoms with E-state index in [2.05, 4.69) is 34.0 Å². The van der Waals surface area contributed by atoms with Gasteiger partial charge >= 0.3 is 0 Å². The summed E-state index contributed by atoms with van der Waals surface area (Å²) in [5.74, 6) is 0.946. The number of halogens is 1. The second-order valence-corrected chi connectivity index (χ2v) is 5.27. The Balaban J connectivity index is 2.01. The maximum absolute atomic E-state index is 6.01. The van der Waals surface area contributed by atoms with Crippen molar-refractivity contribution in [3.05, 3.63) is 16.5 Å². The first-order valence-corrected chi connectivity index (χ1v) is 7.63. The van der Waals surface area contributed by atoms with Crippen LogP contribution in [0.4, 0.5) is 5.82 Å². The standard InChI is InChI=1S/C14H23ClN4/c1-3-19(4-2)10-9-16-13-11-7-5-6-8-12(11)17-14(15)18-13/h3-10H2,1-2H3,(H,16,17,18). The molecule has 1 aliphatic carbocycles. The van der Waals surface area contributed by atoms with Crippen LogP contribution in [0.1, 0.15) is 37.9 Å². The molecule has 0 bridgehead atoms. The minimum atomic E-state index is 0.367. The number of aromatic nitrogens is 2. The van der Waals surface area contributed by atoms with Crippen molar-refractivity contribution in [2.45, 2.75) is 39.5 Å². The molecular formula is C14H23ClN4. The van der Waals surface area contributed by atoms with Crippen LogP contribution in [0.2, 0.25) is 5.28 Å². The summed E-state index contributed by atoms with van der Waals surface area (Å²) in [5, 5.41) is 3.80. The summed E-state index contributed by atoms with van der Waals surface area (Å²) in [6.07, 6.45) is 4.53. The summed E-state index contributed by atoms with van der Waals surface area (Å²) in [4.78, 5) is 11.1. The fourth-order valence-electron chi connectivity index (χ4n) is 2.58. The molecule has 4 nitrogen and oxygen atoms in total. The molecule has 0 atom stereocenters. The summed E-state index contributed by atoms with van der Waals surface area (Å²) < 4.78 is 0. The molecule has 2 rings (SSSR count). The number of aryl methyl sites for hydroxylation is 1. The molecule has 0 amide bonds. The molecule has 19 heavy (non-hydrogen) atoms. The molecule has 1 aromatic heterocycles. The van der Waals surface area contributed by atoms with Gasteiger partial charge in [-0.15, -0.1) is 0 Å². The fourth-order valence-corrected chi connectivity index (χ4v) is 2.77. The molecule has 0 aliphatic heterocycles. The Bertz CT molecular complexity index is 418. The Morgan fingerprint density at radius 2 is 1.89 bits per heavy atom. The van der Waals surface area contributed by atoms with E-state index in [9.17, 15) is 0 Å². The number of anilines is 1. The van der Waals surface area contributed by atoms with E-state index in [0.717, 1.165) is 50.5 Å². The minimum Gasteiger partial charge on any atom is -0.368 e. The number of hydrogen-bond donors (Lipinski definition) is 1. The molecule has 0 saturated heterocycles. The average molecular weight is 283 g/mol. The fraction of sp³-hybridized carbons (Fsp3) is 0.714. The number of rotatable bonds is 6. The minimum absolute atomic E-state index is 0.367. The van der Waals surface area contributed by atoms with Gasteiger partial charge in [0.15, 0.2) is 0 Å². The Morgan fingerprint density at radius 3 is 2.63 bits per heavy atom. The zero-order chi connectivity index (χ0) is 13.7.